The molecule has 0 aromatic carbocycles. The van der Waals surface area contributed by atoms with E-state index in [0.717, 1.165) is 31.6 Å². The van der Waals surface area contributed by atoms with E-state index in [4.69, 9.17) is 9.47 Å². The Balaban J connectivity index is 2.30. The second-order valence-corrected chi connectivity index (χ2v) is 4.00. The zero-order valence-corrected chi connectivity index (χ0v) is 10.3. The van der Waals surface area contributed by atoms with Crippen LogP contribution in [0.25, 0.3) is 0 Å². The third-order valence-electron chi connectivity index (χ3n) is 2.37. The van der Waals surface area contributed by atoms with Crippen LogP contribution < -0.4 is 5.32 Å². The van der Waals surface area contributed by atoms with Crippen LogP contribution in [0.5, 0.6) is 0 Å². The first-order valence-corrected chi connectivity index (χ1v) is 5.83. The molecule has 1 rings (SSSR count). The van der Waals surface area contributed by atoms with Gasteiger partial charge in [0, 0.05) is 12.8 Å². The Kier molecular flexibility index (Phi) is 6.50. The van der Waals surface area contributed by atoms with Gasteiger partial charge in [-0.25, -0.2) is 0 Å². The van der Waals surface area contributed by atoms with Crippen molar-refractivity contribution in [1.29, 1.82) is 0 Å². The Bertz CT molecular complexity index is 283. The van der Waals surface area contributed by atoms with Gasteiger partial charge in [-0.2, -0.15) is 0 Å². The average molecular weight is 240 g/mol. The molecule has 1 heterocycles. The molecule has 0 spiro atoms. The molecule has 5 heteroatoms. The Morgan fingerprint density at radius 2 is 2.47 bits per heavy atom. The summed E-state index contributed by atoms with van der Waals surface area (Å²) < 4.78 is 11.0. The van der Waals surface area contributed by atoms with Crippen LogP contribution in [-0.2, 0) is 14.3 Å². The van der Waals surface area contributed by atoms with E-state index < -0.39 is 0 Å². The van der Waals surface area contributed by atoms with Crippen LogP contribution in [0.3, 0.4) is 0 Å². The van der Waals surface area contributed by atoms with E-state index in [1.165, 1.54) is 6.92 Å². The number of carbonyl (C=O) groups is 1. The van der Waals surface area contributed by atoms with Gasteiger partial charge in [0.1, 0.15) is 5.78 Å². The van der Waals surface area contributed by atoms with Crippen LogP contribution in [0.15, 0.2) is 16.9 Å². The molecule has 0 aliphatic carbocycles. The standard InChI is InChI=1S/C12H20N2O3/c1-10(15)7-14-11(8-13-2)9-17-12-5-3-4-6-16-12/h8,12,14H,2-7,9H2,1H3/b11-8-. The van der Waals surface area contributed by atoms with E-state index in [2.05, 4.69) is 17.0 Å². The van der Waals surface area contributed by atoms with Gasteiger partial charge in [-0.15, -0.1) is 0 Å². The lowest BCUT2D eigenvalue weighted by molar-refractivity contribution is -0.157. The summed E-state index contributed by atoms with van der Waals surface area (Å²) in [5.74, 6) is 0.0638. The van der Waals surface area contributed by atoms with Crippen molar-refractivity contribution in [2.75, 3.05) is 19.8 Å². The summed E-state index contributed by atoms with van der Waals surface area (Å²) in [7, 11) is 0. The van der Waals surface area contributed by atoms with Crippen LogP contribution in [0, 0.1) is 0 Å². The third-order valence-corrected chi connectivity index (χ3v) is 2.37. The zero-order valence-electron chi connectivity index (χ0n) is 10.3. The molecule has 1 fully saturated rings. The fraction of sp³-hybridized carbons (Fsp3) is 0.667. The predicted octanol–water partition coefficient (Wildman–Crippen LogP) is 1.25. The number of aliphatic imine (C=N–C) groups is 1. The molecular weight excluding hydrogens is 220 g/mol. The highest BCUT2D eigenvalue weighted by atomic mass is 16.7. The summed E-state index contributed by atoms with van der Waals surface area (Å²) in [6.45, 7) is 6.30. The minimum atomic E-state index is -0.143. The Morgan fingerprint density at radius 1 is 1.65 bits per heavy atom. The Morgan fingerprint density at radius 3 is 3.06 bits per heavy atom. The Hall–Kier alpha value is -1.20. The van der Waals surface area contributed by atoms with Crippen molar-refractivity contribution in [1.82, 2.24) is 5.32 Å². The highest BCUT2D eigenvalue weighted by Gasteiger charge is 2.14. The third kappa shape index (κ3) is 6.19. The molecule has 1 aliphatic heterocycles. The minimum absolute atomic E-state index is 0.0638. The molecule has 1 unspecified atom stereocenters. The summed E-state index contributed by atoms with van der Waals surface area (Å²) in [5, 5.41) is 2.96. The highest BCUT2D eigenvalue weighted by Crippen LogP contribution is 2.14. The fourth-order valence-corrected chi connectivity index (χ4v) is 1.51. The summed E-state index contributed by atoms with van der Waals surface area (Å²) in [6, 6.07) is 0. The maximum absolute atomic E-state index is 10.9. The van der Waals surface area contributed by atoms with Crippen molar-refractivity contribution in [3.8, 4) is 0 Å². The van der Waals surface area contributed by atoms with E-state index in [1.807, 2.05) is 0 Å². The minimum Gasteiger partial charge on any atom is -0.378 e. The number of ketones is 1. The molecule has 0 bridgehead atoms. The predicted molar refractivity (Wildman–Crippen MR) is 65.9 cm³/mol. The number of rotatable bonds is 7. The van der Waals surface area contributed by atoms with Crippen LogP contribution >= 0.6 is 0 Å². The topological polar surface area (TPSA) is 59.9 Å². The van der Waals surface area contributed by atoms with Gasteiger partial charge in [0.2, 0.25) is 0 Å². The van der Waals surface area contributed by atoms with E-state index in [9.17, 15) is 4.79 Å². The number of hydrogen-bond acceptors (Lipinski definition) is 5. The van der Waals surface area contributed by atoms with Crippen LogP contribution in [0.1, 0.15) is 26.2 Å². The number of hydrogen-bond donors (Lipinski definition) is 1. The molecule has 5 nitrogen and oxygen atoms in total. The molecule has 1 saturated heterocycles. The number of nitrogens with zero attached hydrogens (tertiary/aromatic N) is 1. The molecular formula is C12H20N2O3. The molecule has 1 atom stereocenters. The monoisotopic (exact) mass is 240 g/mol. The van der Waals surface area contributed by atoms with E-state index in [0.29, 0.717) is 6.61 Å². The van der Waals surface area contributed by atoms with Crippen LogP contribution in [0.2, 0.25) is 0 Å². The van der Waals surface area contributed by atoms with Crippen molar-refractivity contribution >= 4 is 12.5 Å². The summed E-state index contributed by atoms with van der Waals surface area (Å²) in [4.78, 5) is 14.5. The average Bonchev–Trinajstić information content (AvgIpc) is 2.34. The SMILES string of the molecule is C=N/C=C(/COC1CCCCO1)NCC(C)=O. The van der Waals surface area contributed by atoms with Crippen molar-refractivity contribution in [2.45, 2.75) is 32.5 Å². The fourth-order valence-electron chi connectivity index (χ4n) is 1.51. The normalized spacial score (nSPS) is 21.0. The lowest BCUT2D eigenvalue weighted by Crippen LogP contribution is -2.28. The molecule has 0 saturated carbocycles. The zero-order chi connectivity index (χ0) is 12.5. The van der Waals surface area contributed by atoms with Gasteiger partial charge in [0.25, 0.3) is 0 Å². The largest absolute Gasteiger partial charge is 0.378 e. The smallest absolute Gasteiger partial charge is 0.158 e. The number of nitrogens with one attached hydrogen (secondary N) is 1. The van der Waals surface area contributed by atoms with Gasteiger partial charge < -0.3 is 14.8 Å². The van der Waals surface area contributed by atoms with Gasteiger partial charge in [0.15, 0.2) is 6.29 Å². The molecule has 0 aromatic rings. The van der Waals surface area contributed by atoms with Gasteiger partial charge in [0.05, 0.1) is 18.8 Å². The van der Waals surface area contributed by atoms with E-state index >= 15 is 0 Å². The second-order valence-electron chi connectivity index (χ2n) is 4.00. The van der Waals surface area contributed by atoms with Gasteiger partial charge in [-0.05, 0) is 32.9 Å². The van der Waals surface area contributed by atoms with Crippen LogP contribution in [0.4, 0.5) is 0 Å². The van der Waals surface area contributed by atoms with Crippen molar-refractivity contribution in [2.24, 2.45) is 4.99 Å². The summed E-state index contributed by atoms with van der Waals surface area (Å²) in [6.07, 6.45) is 4.56. The van der Waals surface area contributed by atoms with E-state index in [1.54, 1.807) is 6.20 Å². The number of Topliss-reactive ketones (excluding diaryl/α,β-unsaturated/α-hetero) is 1. The molecule has 17 heavy (non-hydrogen) atoms. The van der Waals surface area contributed by atoms with Crippen molar-refractivity contribution in [3.63, 3.8) is 0 Å². The lowest BCUT2D eigenvalue weighted by Gasteiger charge is -2.23. The maximum atomic E-state index is 10.9. The maximum Gasteiger partial charge on any atom is 0.158 e. The molecule has 0 amide bonds. The molecule has 96 valence electrons. The second kappa shape index (κ2) is 7.97. The van der Waals surface area contributed by atoms with E-state index in [-0.39, 0.29) is 18.6 Å². The first-order valence-electron chi connectivity index (χ1n) is 5.83. The Labute approximate surface area is 102 Å². The molecule has 1 aliphatic rings. The quantitative estimate of drug-likeness (QED) is 0.680. The van der Waals surface area contributed by atoms with Crippen molar-refractivity contribution < 1.29 is 14.3 Å². The highest BCUT2D eigenvalue weighted by molar-refractivity contribution is 5.77. The summed E-state index contributed by atoms with van der Waals surface area (Å²) >= 11 is 0. The lowest BCUT2D eigenvalue weighted by atomic mass is 10.2. The molecule has 0 aromatic heterocycles. The van der Waals surface area contributed by atoms with Gasteiger partial charge in [-0.3, -0.25) is 9.79 Å². The number of carbonyl (C=O) groups excluding carboxylic acids is 1. The van der Waals surface area contributed by atoms with Crippen LogP contribution in [-0.4, -0.2) is 38.5 Å². The van der Waals surface area contributed by atoms with Gasteiger partial charge in [-0.1, -0.05) is 0 Å². The molecule has 0 radical (unpaired) electrons. The summed E-state index contributed by atoms with van der Waals surface area (Å²) in [5.41, 5.74) is 0.740. The van der Waals surface area contributed by atoms with Gasteiger partial charge >= 0.3 is 0 Å². The first kappa shape index (κ1) is 13.9. The number of ether oxygens (including phenoxy) is 2. The van der Waals surface area contributed by atoms with Crippen molar-refractivity contribution in [3.05, 3.63) is 11.9 Å². The molecule has 1 N–H and O–H groups in total. The first-order chi connectivity index (χ1) is 8.22.